The molecule has 0 fully saturated rings. The molecule has 0 spiro atoms. The first-order valence-corrected chi connectivity index (χ1v) is 5.33. The fraction of sp³-hybridized carbons (Fsp3) is 1.00. The molecule has 0 rings (SSSR count). The van der Waals surface area contributed by atoms with Crippen LogP contribution in [0.2, 0.25) is 0 Å². The summed E-state index contributed by atoms with van der Waals surface area (Å²) < 4.78 is 5.32. The number of hydrogen-bond donors (Lipinski definition) is 1. The van der Waals surface area contributed by atoms with Crippen LogP contribution in [0.1, 0.15) is 19.8 Å². The third-order valence-electron chi connectivity index (χ3n) is 1.25. The summed E-state index contributed by atoms with van der Waals surface area (Å²) in [5, 5.41) is 8.45. The van der Waals surface area contributed by atoms with Gasteiger partial charge in [-0.2, -0.15) is 11.8 Å². The van der Waals surface area contributed by atoms with Crippen molar-refractivity contribution in [3.63, 3.8) is 0 Å². The fourth-order valence-corrected chi connectivity index (χ4v) is 1.20. The largest absolute Gasteiger partial charge is 0.396 e. The molecule has 0 aliphatic carbocycles. The van der Waals surface area contributed by atoms with Crippen LogP contribution in [0.15, 0.2) is 0 Å². The summed E-state index contributed by atoms with van der Waals surface area (Å²) in [6, 6.07) is 0. The van der Waals surface area contributed by atoms with E-state index in [4.69, 9.17) is 9.84 Å². The average Bonchev–Trinajstić information content (AvgIpc) is 2.03. The number of thioether (sulfide) groups is 1. The molecule has 0 atom stereocenters. The number of ether oxygens (including phenoxy) is 1. The number of hydrogen-bond acceptors (Lipinski definition) is 3. The molecule has 0 saturated heterocycles. The highest BCUT2D eigenvalue weighted by Crippen LogP contribution is 1.98. The van der Waals surface area contributed by atoms with E-state index < -0.39 is 0 Å². The first kappa shape index (κ1) is 11.3. The Hall–Kier alpha value is 0.270. The third kappa shape index (κ3) is 10.3. The Morgan fingerprint density at radius 2 is 2.09 bits per heavy atom. The molecule has 2 nitrogen and oxygen atoms in total. The Bertz CT molecular complexity index is 61.1. The van der Waals surface area contributed by atoms with Crippen LogP contribution in [-0.2, 0) is 4.74 Å². The highest BCUT2D eigenvalue weighted by molar-refractivity contribution is 7.99. The van der Waals surface area contributed by atoms with E-state index in [1.54, 1.807) is 11.8 Å². The van der Waals surface area contributed by atoms with E-state index in [9.17, 15) is 0 Å². The monoisotopic (exact) mass is 178 g/mol. The van der Waals surface area contributed by atoms with Crippen molar-refractivity contribution >= 4 is 11.8 Å². The topological polar surface area (TPSA) is 29.5 Å². The Morgan fingerprint density at radius 3 is 2.73 bits per heavy atom. The van der Waals surface area contributed by atoms with Crippen LogP contribution in [0, 0.1) is 0 Å². The van der Waals surface area contributed by atoms with Crippen molar-refractivity contribution in [3.05, 3.63) is 0 Å². The van der Waals surface area contributed by atoms with Crippen molar-refractivity contribution in [3.8, 4) is 0 Å². The van der Waals surface area contributed by atoms with Gasteiger partial charge in [0.15, 0.2) is 0 Å². The second-order valence-corrected chi connectivity index (χ2v) is 3.53. The predicted molar refractivity (Wildman–Crippen MR) is 50.1 cm³/mol. The number of aliphatic hydroxyl groups is 1. The van der Waals surface area contributed by atoms with Crippen LogP contribution in [0.25, 0.3) is 0 Å². The third-order valence-corrected chi connectivity index (χ3v) is 2.18. The van der Waals surface area contributed by atoms with Crippen molar-refractivity contribution in [1.82, 2.24) is 0 Å². The minimum atomic E-state index is 0.277. The molecule has 3 heteroatoms. The Balaban J connectivity index is 2.69. The molecule has 0 bridgehead atoms. The van der Waals surface area contributed by atoms with E-state index >= 15 is 0 Å². The molecule has 0 aromatic heterocycles. The van der Waals surface area contributed by atoms with E-state index in [1.165, 1.54) is 6.42 Å². The summed E-state index contributed by atoms with van der Waals surface area (Å²) in [6.45, 7) is 4.14. The zero-order valence-electron chi connectivity index (χ0n) is 7.21. The summed E-state index contributed by atoms with van der Waals surface area (Å²) in [7, 11) is 0. The average molecular weight is 178 g/mol. The van der Waals surface area contributed by atoms with Gasteiger partial charge in [0.25, 0.3) is 0 Å². The molecule has 11 heavy (non-hydrogen) atoms. The van der Waals surface area contributed by atoms with E-state index in [1.807, 2.05) is 0 Å². The molecule has 0 aromatic carbocycles. The van der Waals surface area contributed by atoms with Crippen LogP contribution in [0.5, 0.6) is 0 Å². The summed E-state index contributed by atoms with van der Waals surface area (Å²) in [6.07, 6.45) is 2.36. The van der Waals surface area contributed by atoms with Gasteiger partial charge in [-0.05, 0) is 6.42 Å². The zero-order chi connectivity index (χ0) is 8.36. The lowest BCUT2D eigenvalue weighted by molar-refractivity contribution is 0.147. The van der Waals surface area contributed by atoms with Gasteiger partial charge in [-0.1, -0.05) is 13.3 Å². The van der Waals surface area contributed by atoms with Crippen LogP contribution in [0.3, 0.4) is 0 Å². The van der Waals surface area contributed by atoms with Gasteiger partial charge in [-0.25, -0.2) is 0 Å². The van der Waals surface area contributed by atoms with Crippen molar-refractivity contribution in [2.75, 3.05) is 31.3 Å². The minimum absolute atomic E-state index is 0.277. The number of aliphatic hydroxyl groups excluding tert-OH is 1. The highest BCUT2D eigenvalue weighted by atomic mass is 32.2. The summed E-state index contributed by atoms with van der Waals surface area (Å²) >= 11 is 1.74. The lowest BCUT2D eigenvalue weighted by Gasteiger charge is -2.01. The maximum absolute atomic E-state index is 8.45. The van der Waals surface area contributed by atoms with Crippen LogP contribution in [-0.4, -0.2) is 36.4 Å². The summed E-state index contributed by atoms with van der Waals surface area (Å²) in [5.41, 5.74) is 0. The van der Waals surface area contributed by atoms with Crippen LogP contribution < -0.4 is 0 Å². The second-order valence-electron chi connectivity index (χ2n) is 2.30. The molecule has 0 heterocycles. The van der Waals surface area contributed by atoms with E-state index in [0.717, 1.165) is 31.1 Å². The molecular weight excluding hydrogens is 160 g/mol. The Morgan fingerprint density at radius 1 is 1.27 bits per heavy atom. The molecule has 0 saturated carbocycles. The SMILES string of the molecule is CCCCOCCSCCO. The number of rotatable bonds is 8. The summed E-state index contributed by atoms with van der Waals surface area (Å²) in [4.78, 5) is 0. The number of unbranched alkanes of at least 4 members (excludes halogenated alkanes) is 1. The van der Waals surface area contributed by atoms with Crippen molar-refractivity contribution in [1.29, 1.82) is 0 Å². The van der Waals surface area contributed by atoms with Gasteiger partial charge in [-0.15, -0.1) is 0 Å². The maximum atomic E-state index is 8.45. The van der Waals surface area contributed by atoms with Crippen LogP contribution in [0.4, 0.5) is 0 Å². The highest BCUT2D eigenvalue weighted by Gasteiger charge is 1.88. The van der Waals surface area contributed by atoms with Gasteiger partial charge in [-0.3, -0.25) is 0 Å². The lowest BCUT2D eigenvalue weighted by Crippen LogP contribution is -2.00. The van der Waals surface area contributed by atoms with Gasteiger partial charge >= 0.3 is 0 Å². The normalized spacial score (nSPS) is 10.4. The van der Waals surface area contributed by atoms with Gasteiger partial charge in [0.05, 0.1) is 13.2 Å². The first-order chi connectivity index (χ1) is 5.41. The van der Waals surface area contributed by atoms with E-state index in [-0.39, 0.29) is 6.61 Å². The minimum Gasteiger partial charge on any atom is -0.396 e. The molecule has 0 unspecified atom stereocenters. The van der Waals surface area contributed by atoms with Gasteiger partial charge < -0.3 is 9.84 Å². The molecule has 0 aliphatic heterocycles. The lowest BCUT2D eigenvalue weighted by atomic mass is 10.4. The van der Waals surface area contributed by atoms with Crippen molar-refractivity contribution in [2.24, 2.45) is 0 Å². The Labute approximate surface area is 73.3 Å². The molecule has 0 aliphatic rings. The maximum Gasteiger partial charge on any atom is 0.0556 e. The molecular formula is C8H18O2S. The molecule has 68 valence electrons. The summed E-state index contributed by atoms with van der Waals surface area (Å²) in [5.74, 6) is 1.83. The van der Waals surface area contributed by atoms with E-state index in [2.05, 4.69) is 6.92 Å². The molecule has 0 aromatic rings. The van der Waals surface area contributed by atoms with Crippen molar-refractivity contribution < 1.29 is 9.84 Å². The Kier molecular flexibility index (Phi) is 10.5. The predicted octanol–water partition coefficient (Wildman–Crippen LogP) is 1.53. The molecule has 0 amide bonds. The van der Waals surface area contributed by atoms with Gasteiger partial charge in [0.2, 0.25) is 0 Å². The van der Waals surface area contributed by atoms with E-state index in [0.29, 0.717) is 0 Å². The molecule has 1 N–H and O–H groups in total. The van der Waals surface area contributed by atoms with Gasteiger partial charge in [0, 0.05) is 18.1 Å². The quantitative estimate of drug-likeness (QED) is 0.572. The standard InChI is InChI=1S/C8H18O2S/c1-2-3-5-10-6-8-11-7-4-9/h9H,2-8H2,1H3. The first-order valence-electron chi connectivity index (χ1n) is 4.18. The fourth-order valence-electron chi connectivity index (χ4n) is 0.633. The second kappa shape index (κ2) is 10.3. The van der Waals surface area contributed by atoms with Crippen molar-refractivity contribution in [2.45, 2.75) is 19.8 Å². The zero-order valence-corrected chi connectivity index (χ0v) is 8.03. The molecule has 0 radical (unpaired) electrons. The van der Waals surface area contributed by atoms with Gasteiger partial charge in [0.1, 0.15) is 0 Å². The van der Waals surface area contributed by atoms with Crippen LogP contribution >= 0.6 is 11.8 Å². The smallest absolute Gasteiger partial charge is 0.0556 e.